The van der Waals surface area contributed by atoms with Gasteiger partial charge in [0.25, 0.3) is 0 Å². The minimum absolute atomic E-state index is 0.301. The van der Waals surface area contributed by atoms with Crippen LogP contribution in [0.25, 0.3) is 0 Å². The van der Waals surface area contributed by atoms with E-state index in [1.165, 1.54) is 6.92 Å². The molecule has 16 heavy (non-hydrogen) atoms. The fourth-order valence-electron chi connectivity index (χ4n) is 0.845. The average Bonchev–Trinajstić information content (AvgIpc) is 2.15. The van der Waals surface area contributed by atoms with Gasteiger partial charge in [0.2, 0.25) is 11.7 Å². The number of nitrogens with two attached hydrogens (primary N) is 1. The summed E-state index contributed by atoms with van der Waals surface area (Å²) in [7, 11) is 0. The summed E-state index contributed by atoms with van der Waals surface area (Å²) in [5.74, 6) is 0.199. The minimum Gasteiger partial charge on any atom is -0.461 e. The molecule has 0 aliphatic rings. The molecule has 7 heteroatoms. The van der Waals surface area contributed by atoms with Crippen LogP contribution in [0.15, 0.2) is 6.07 Å². The number of anilines is 1. The molecule has 0 aliphatic carbocycles. The molecule has 0 fully saturated rings. The molecular formula is C9H8F3N3O. The van der Waals surface area contributed by atoms with Gasteiger partial charge in [-0.05, 0) is 6.92 Å². The number of hydrogen-bond acceptors (Lipinski definition) is 4. The van der Waals surface area contributed by atoms with Crippen molar-refractivity contribution < 1.29 is 17.9 Å². The summed E-state index contributed by atoms with van der Waals surface area (Å²) in [6.45, 7) is 1.49. The Morgan fingerprint density at radius 3 is 2.62 bits per heavy atom. The lowest BCUT2D eigenvalue weighted by atomic mass is 10.4. The van der Waals surface area contributed by atoms with Gasteiger partial charge in [-0.3, -0.25) is 0 Å². The van der Waals surface area contributed by atoms with Crippen molar-refractivity contribution in [2.24, 2.45) is 0 Å². The average molecular weight is 231 g/mol. The van der Waals surface area contributed by atoms with Gasteiger partial charge in [-0.1, -0.05) is 5.92 Å². The fourth-order valence-corrected chi connectivity index (χ4v) is 0.845. The van der Waals surface area contributed by atoms with E-state index >= 15 is 0 Å². The highest BCUT2D eigenvalue weighted by atomic mass is 19.4. The quantitative estimate of drug-likeness (QED) is 0.783. The van der Waals surface area contributed by atoms with Crippen molar-refractivity contribution in [3.8, 4) is 18.2 Å². The van der Waals surface area contributed by atoms with Crippen LogP contribution >= 0.6 is 0 Å². The molecule has 0 amide bonds. The molecular weight excluding hydrogens is 223 g/mol. The number of rotatable bonds is 2. The Balaban J connectivity index is 3.05. The topological polar surface area (TPSA) is 61.0 Å². The Morgan fingerprint density at radius 2 is 2.12 bits per heavy atom. The van der Waals surface area contributed by atoms with E-state index < -0.39 is 18.1 Å². The van der Waals surface area contributed by atoms with Gasteiger partial charge in [0.15, 0.2) is 6.10 Å². The summed E-state index contributed by atoms with van der Waals surface area (Å²) < 4.78 is 41.8. The normalized spacial score (nSPS) is 12.9. The zero-order valence-corrected chi connectivity index (χ0v) is 8.25. The molecule has 1 heterocycles. The predicted octanol–water partition coefficient (Wildman–Crippen LogP) is 1.48. The summed E-state index contributed by atoms with van der Waals surface area (Å²) >= 11 is 0. The molecule has 86 valence electrons. The van der Waals surface area contributed by atoms with Crippen molar-refractivity contribution >= 4 is 5.82 Å². The molecule has 0 saturated carbocycles. The van der Waals surface area contributed by atoms with E-state index in [2.05, 4.69) is 15.9 Å². The van der Waals surface area contributed by atoms with Gasteiger partial charge in [0.1, 0.15) is 5.82 Å². The second-order valence-electron chi connectivity index (χ2n) is 2.88. The number of nitrogens with zero attached hydrogens (tertiary/aromatic N) is 2. The standard InChI is InChI=1S/C9H8F3N3O/c1-3-5(2)16-7-4-6(13)14-8(15-7)9(10,11)12/h1,4-5H,2H3,(H2,13,14,15). The number of nitrogen functional groups attached to an aromatic ring is 1. The second kappa shape index (κ2) is 4.26. The lowest BCUT2D eigenvalue weighted by Gasteiger charge is -2.10. The van der Waals surface area contributed by atoms with Crippen molar-refractivity contribution in [3.63, 3.8) is 0 Å². The first kappa shape index (κ1) is 12.1. The van der Waals surface area contributed by atoms with Crippen LogP contribution in [0.1, 0.15) is 12.7 Å². The first-order valence-corrected chi connectivity index (χ1v) is 4.17. The first-order chi connectivity index (χ1) is 7.32. The third-order valence-corrected chi connectivity index (χ3v) is 1.51. The predicted molar refractivity (Wildman–Crippen MR) is 50.4 cm³/mol. The zero-order valence-electron chi connectivity index (χ0n) is 8.25. The zero-order chi connectivity index (χ0) is 12.3. The van der Waals surface area contributed by atoms with E-state index in [1.807, 2.05) is 0 Å². The Hall–Kier alpha value is -1.97. The summed E-state index contributed by atoms with van der Waals surface area (Å²) in [5, 5.41) is 0. The first-order valence-electron chi connectivity index (χ1n) is 4.17. The monoisotopic (exact) mass is 231 g/mol. The largest absolute Gasteiger partial charge is 0.461 e. The van der Waals surface area contributed by atoms with Crippen LogP contribution < -0.4 is 10.5 Å². The molecule has 0 aliphatic heterocycles. The van der Waals surface area contributed by atoms with E-state index in [0.717, 1.165) is 6.07 Å². The molecule has 4 nitrogen and oxygen atoms in total. The van der Waals surface area contributed by atoms with Gasteiger partial charge in [0.05, 0.1) is 0 Å². The Bertz CT molecular complexity index is 425. The maximum Gasteiger partial charge on any atom is 0.451 e. The van der Waals surface area contributed by atoms with Gasteiger partial charge >= 0.3 is 6.18 Å². The van der Waals surface area contributed by atoms with E-state index in [-0.39, 0.29) is 11.7 Å². The Labute approximate surface area is 89.6 Å². The van der Waals surface area contributed by atoms with Crippen LogP contribution in [0.2, 0.25) is 0 Å². The maximum absolute atomic E-state index is 12.3. The number of hydrogen-bond donors (Lipinski definition) is 1. The number of halogens is 3. The lowest BCUT2D eigenvalue weighted by molar-refractivity contribution is -0.145. The van der Waals surface area contributed by atoms with Crippen LogP contribution in [0.5, 0.6) is 5.88 Å². The molecule has 0 saturated heterocycles. The molecule has 2 N–H and O–H groups in total. The molecule has 1 aromatic rings. The summed E-state index contributed by atoms with van der Waals surface area (Å²) in [4.78, 5) is 6.21. The van der Waals surface area contributed by atoms with E-state index in [1.54, 1.807) is 0 Å². The third-order valence-electron chi connectivity index (χ3n) is 1.51. The summed E-state index contributed by atoms with van der Waals surface area (Å²) in [6, 6.07) is 1.07. The van der Waals surface area contributed by atoms with Crippen molar-refractivity contribution in [2.45, 2.75) is 19.2 Å². The molecule has 1 atom stereocenters. The second-order valence-corrected chi connectivity index (χ2v) is 2.88. The van der Waals surface area contributed by atoms with E-state index in [0.29, 0.717) is 0 Å². The molecule has 1 aromatic heterocycles. The highest BCUT2D eigenvalue weighted by Crippen LogP contribution is 2.28. The SMILES string of the molecule is C#CC(C)Oc1cc(N)nc(C(F)(F)F)n1. The molecule has 1 unspecified atom stereocenters. The highest BCUT2D eigenvalue weighted by molar-refractivity contribution is 5.33. The van der Waals surface area contributed by atoms with E-state index in [4.69, 9.17) is 16.9 Å². The van der Waals surface area contributed by atoms with Gasteiger partial charge in [-0.2, -0.15) is 18.2 Å². The van der Waals surface area contributed by atoms with Crippen LogP contribution in [0.3, 0.4) is 0 Å². The minimum atomic E-state index is -4.67. The highest BCUT2D eigenvalue weighted by Gasteiger charge is 2.35. The van der Waals surface area contributed by atoms with Gasteiger partial charge in [0, 0.05) is 6.07 Å². The molecule has 0 spiro atoms. The number of aromatic nitrogens is 2. The van der Waals surface area contributed by atoms with Crippen LogP contribution in [-0.2, 0) is 6.18 Å². The van der Waals surface area contributed by atoms with Crippen molar-refractivity contribution in [3.05, 3.63) is 11.9 Å². The van der Waals surface area contributed by atoms with Gasteiger partial charge in [-0.25, -0.2) is 4.98 Å². The van der Waals surface area contributed by atoms with E-state index in [9.17, 15) is 13.2 Å². The number of terminal acetylenes is 1. The summed E-state index contributed by atoms with van der Waals surface area (Å²) in [5.41, 5.74) is 5.19. The van der Waals surface area contributed by atoms with Crippen molar-refractivity contribution in [1.29, 1.82) is 0 Å². The van der Waals surface area contributed by atoms with Gasteiger partial charge in [-0.15, -0.1) is 6.42 Å². The molecule has 0 bridgehead atoms. The molecule has 0 radical (unpaired) electrons. The lowest BCUT2D eigenvalue weighted by Crippen LogP contribution is -2.16. The third kappa shape index (κ3) is 3.02. The number of ether oxygens (including phenoxy) is 1. The molecule has 1 rings (SSSR count). The summed E-state index contributed by atoms with van der Waals surface area (Å²) in [6.07, 6.45) is -0.363. The number of alkyl halides is 3. The van der Waals surface area contributed by atoms with Crippen molar-refractivity contribution in [1.82, 2.24) is 9.97 Å². The van der Waals surface area contributed by atoms with Gasteiger partial charge < -0.3 is 10.5 Å². The Kier molecular flexibility index (Phi) is 3.22. The van der Waals surface area contributed by atoms with Crippen LogP contribution in [0, 0.1) is 12.3 Å². The Morgan fingerprint density at radius 1 is 1.50 bits per heavy atom. The molecule has 0 aromatic carbocycles. The smallest absolute Gasteiger partial charge is 0.451 e. The van der Waals surface area contributed by atoms with Crippen LogP contribution in [0.4, 0.5) is 19.0 Å². The maximum atomic E-state index is 12.3. The van der Waals surface area contributed by atoms with Crippen molar-refractivity contribution in [2.75, 3.05) is 5.73 Å². The van der Waals surface area contributed by atoms with Crippen LogP contribution in [-0.4, -0.2) is 16.1 Å². The fraction of sp³-hybridized carbons (Fsp3) is 0.333.